The molecule has 6 atom stereocenters. The van der Waals surface area contributed by atoms with Gasteiger partial charge in [-0.25, -0.2) is 4.79 Å². The highest BCUT2D eigenvalue weighted by molar-refractivity contribution is 5.75. The molecule has 2 amide bonds. The summed E-state index contributed by atoms with van der Waals surface area (Å²) in [6.07, 6.45) is 5.68. The molecule has 2 heterocycles. The molecular weight excluding hydrogens is 388 g/mol. The maximum Gasteiger partial charge on any atom is 0.317 e. The largest absolute Gasteiger partial charge is 0.508 e. The van der Waals surface area contributed by atoms with Crippen LogP contribution in [-0.2, 0) is 11.8 Å². The van der Waals surface area contributed by atoms with Crippen LogP contribution in [0, 0.1) is 17.3 Å². The van der Waals surface area contributed by atoms with Crippen LogP contribution in [0.2, 0.25) is 0 Å². The lowest BCUT2D eigenvalue weighted by atomic mass is 9.43. The van der Waals surface area contributed by atoms with Crippen molar-refractivity contribution in [2.45, 2.75) is 69.5 Å². The Hall–Kier alpha value is -1.79. The van der Waals surface area contributed by atoms with Crippen molar-refractivity contribution in [3.05, 3.63) is 29.3 Å². The van der Waals surface area contributed by atoms with E-state index >= 15 is 0 Å². The molecule has 2 aliphatic heterocycles. The Morgan fingerprint density at radius 3 is 2.97 bits per heavy atom. The van der Waals surface area contributed by atoms with Gasteiger partial charge in [0.1, 0.15) is 5.75 Å². The summed E-state index contributed by atoms with van der Waals surface area (Å²) >= 11 is 0. The molecule has 0 unspecified atom stereocenters. The zero-order valence-electron chi connectivity index (χ0n) is 18.8. The van der Waals surface area contributed by atoms with Crippen LogP contribution in [0.3, 0.4) is 0 Å². The molecule has 1 aromatic carbocycles. The van der Waals surface area contributed by atoms with Crippen LogP contribution < -0.4 is 11.1 Å². The van der Waals surface area contributed by atoms with Crippen molar-refractivity contribution in [1.29, 1.82) is 0 Å². The SMILES string of the molecule is CC(C)NC(=O)N1C[C@H]2C[C@@]34CC[C@@H]1[C@@H]2[C@@]31CCN(CCN)[C@@H]4Cc2ccc(O)cc21. The van der Waals surface area contributed by atoms with Gasteiger partial charge in [-0.1, -0.05) is 6.07 Å². The van der Waals surface area contributed by atoms with Gasteiger partial charge in [0.05, 0.1) is 0 Å². The highest BCUT2D eigenvalue weighted by Crippen LogP contribution is 2.75. The first-order valence-corrected chi connectivity index (χ1v) is 12.2. The number of rotatable bonds is 3. The van der Waals surface area contributed by atoms with E-state index in [1.165, 1.54) is 24.0 Å². The van der Waals surface area contributed by atoms with Crippen LogP contribution in [0.25, 0.3) is 0 Å². The smallest absolute Gasteiger partial charge is 0.317 e. The van der Waals surface area contributed by atoms with E-state index in [0.717, 1.165) is 38.9 Å². The second kappa shape index (κ2) is 6.61. The van der Waals surface area contributed by atoms with Gasteiger partial charge in [0, 0.05) is 43.2 Å². The number of carbonyl (C=O) groups excluding carboxylic acids is 1. The maximum atomic E-state index is 13.1. The topological polar surface area (TPSA) is 81.8 Å². The summed E-state index contributed by atoms with van der Waals surface area (Å²) in [6.45, 7) is 7.72. The fourth-order valence-electron chi connectivity index (χ4n) is 9.09. The second-order valence-corrected chi connectivity index (χ2v) is 11.1. The van der Waals surface area contributed by atoms with Gasteiger partial charge in [-0.2, -0.15) is 0 Å². The minimum absolute atomic E-state index is 0.0789. The molecule has 5 aliphatic rings. The molecule has 0 radical (unpaired) electrons. The molecule has 6 rings (SSSR count). The molecule has 3 aliphatic carbocycles. The Morgan fingerprint density at radius 1 is 1.35 bits per heavy atom. The number of phenolic OH excluding ortho intramolecular Hbond substituents is 1. The number of nitrogens with one attached hydrogen (secondary N) is 1. The third-order valence-electron chi connectivity index (χ3n) is 9.67. The van der Waals surface area contributed by atoms with Crippen molar-refractivity contribution in [3.63, 3.8) is 0 Å². The van der Waals surface area contributed by atoms with Crippen molar-refractivity contribution in [2.24, 2.45) is 23.0 Å². The Kier molecular flexibility index (Phi) is 4.24. The summed E-state index contributed by atoms with van der Waals surface area (Å²) in [5, 5.41) is 13.6. The van der Waals surface area contributed by atoms with Crippen LogP contribution in [0.1, 0.15) is 50.7 Å². The second-order valence-electron chi connectivity index (χ2n) is 11.1. The number of hydrogen-bond donors (Lipinski definition) is 3. The van der Waals surface area contributed by atoms with Crippen molar-refractivity contribution in [2.75, 3.05) is 26.2 Å². The van der Waals surface area contributed by atoms with Gasteiger partial charge < -0.3 is 21.1 Å². The number of piperidine rings is 1. The predicted octanol–water partition coefficient (Wildman–Crippen LogP) is 2.44. The van der Waals surface area contributed by atoms with Gasteiger partial charge in [-0.15, -0.1) is 0 Å². The van der Waals surface area contributed by atoms with Crippen LogP contribution >= 0.6 is 0 Å². The number of phenols is 1. The number of fused-ring (bicyclic) bond motifs is 1. The summed E-state index contributed by atoms with van der Waals surface area (Å²) in [7, 11) is 0. The quantitative estimate of drug-likeness (QED) is 0.696. The van der Waals surface area contributed by atoms with Crippen molar-refractivity contribution < 1.29 is 9.90 Å². The third-order valence-corrected chi connectivity index (χ3v) is 9.67. The fourth-order valence-corrected chi connectivity index (χ4v) is 9.09. The Balaban J connectivity index is 1.48. The summed E-state index contributed by atoms with van der Waals surface area (Å²) in [5.41, 5.74) is 9.18. The van der Waals surface area contributed by atoms with Crippen molar-refractivity contribution >= 4 is 6.03 Å². The summed E-state index contributed by atoms with van der Waals surface area (Å²) in [6, 6.07) is 7.23. The Bertz CT molecular complexity index is 919. The van der Waals surface area contributed by atoms with E-state index in [1.54, 1.807) is 0 Å². The maximum absolute atomic E-state index is 13.1. The van der Waals surface area contributed by atoms with Gasteiger partial charge >= 0.3 is 6.03 Å². The number of carbonyl (C=O) groups is 1. The first-order valence-electron chi connectivity index (χ1n) is 12.2. The van der Waals surface area contributed by atoms with Gasteiger partial charge in [-0.05, 0) is 93.0 Å². The lowest BCUT2D eigenvalue weighted by Crippen LogP contribution is -2.70. The lowest BCUT2D eigenvalue weighted by Gasteiger charge is -2.66. The summed E-state index contributed by atoms with van der Waals surface area (Å²) < 4.78 is 0. The minimum Gasteiger partial charge on any atom is -0.508 e. The molecule has 2 saturated carbocycles. The van der Waals surface area contributed by atoms with Gasteiger partial charge in [0.25, 0.3) is 0 Å². The van der Waals surface area contributed by atoms with Gasteiger partial charge in [0.15, 0.2) is 0 Å². The van der Waals surface area contributed by atoms with E-state index in [2.05, 4.69) is 27.2 Å². The molecule has 6 nitrogen and oxygen atoms in total. The zero-order chi connectivity index (χ0) is 21.5. The lowest BCUT2D eigenvalue weighted by molar-refractivity contribution is -0.0992. The molecule has 4 N–H and O–H groups in total. The van der Waals surface area contributed by atoms with E-state index in [9.17, 15) is 9.90 Å². The molecule has 2 saturated heterocycles. The first kappa shape index (κ1) is 19.9. The van der Waals surface area contributed by atoms with Crippen molar-refractivity contribution in [3.8, 4) is 5.75 Å². The van der Waals surface area contributed by atoms with Crippen LogP contribution in [0.5, 0.6) is 5.75 Å². The fraction of sp³-hybridized carbons (Fsp3) is 0.720. The molecule has 0 spiro atoms. The average molecular weight is 425 g/mol. The molecular formula is C25H36N4O2. The number of nitrogens with zero attached hydrogens (tertiary/aromatic N) is 2. The number of aromatic hydroxyl groups is 1. The average Bonchev–Trinajstić information content (AvgIpc) is 3.16. The van der Waals surface area contributed by atoms with E-state index < -0.39 is 0 Å². The number of hydrogen-bond acceptors (Lipinski definition) is 4. The molecule has 31 heavy (non-hydrogen) atoms. The van der Waals surface area contributed by atoms with Gasteiger partial charge in [0.2, 0.25) is 0 Å². The third kappa shape index (κ3) is 2.38. The number of benzene rings is 1. The monoisotopic (exact) mass is 424 g/mol. The standard InChI is InChI=1S/C25H36N4O2/c1-15(2)27-23(31)29-14-17-13-24-6-5-20(29)22(17)25(24)7-9-28(10-8-26)21(24)11-16-3-4-18(30)12-19(16)25/h3-4,12,15,17,20-22,30H,5-11,13-14,26H2,1-2H3,(H,27,31)/t17-,20-,21-,22-,24-,25+/m1/s1. The normalized spacial score (nSPS) is 40.1. The molecule has 6 heteroatoms. The minimum atomic E-state index is 0.0789. The summed E-state index contributed by atoms with van der Waals surface area (Å²) in [4.78, 5) is 17.9. The van der Waals surface area contributed by atoms with E-state index in [4.69, 9.17) is 5.73 Å². The van der Waals surface area contributed by atoms with Crippen LogP contribution in [0.15, 0.2) is 18.2 Å². The highest BCUT2D eigenvalue weighted by Gasteiger charge is 2.76. The molecule has 168 valence electrons. The molecule has 4 bridgehead atoms. The number of urea groups is 1. The van der Waals surface area contributed by atoms with Crippen LogP contribution in [0.4, 0.5) is 4.79 Å². The van der Waals surface area contributed by atoms with E-state index in [-0.39, 0.29) is 22.9 Å². The molecule has 1 aromatic rings. The van der Waals surface area contributed by atoms with Crippen LogP contribution in [-0.4, -0.2) is 65.2 Å². The number of nitrogens with two attached hydrogens (primary N) is 1. The summed E-state index contributed by atoms with van der Waals surface area (Å²) in [5.74, 6) is 1.44. The Morgan fingerprint density at radius 2 is 2.19 bits per heavy atom. The Labute approximate surface area is 185 Å². The molecule has 0 aromatic heterocycles. The predicted molar refractivity (Wildman–Crippen MR) is 120 cm³/mol. The molecule has 4 fully saturated rings. The number of amides is 2. The van der Waals surface area contributed by atoms with Crippen molar-refractivity contribution in [1.82, 2.24) is 15.1 Å². The number of likely N-dealkylation sites (tertiary alicyclic amines) is 2. The van der Waals surface area contributed by atoms with Gasteiger partial charge in [-0.3, -0.25) is 4.90 Å². The zero-order valence-corrected chi connectivity index (χ0v) is 18.8. The van der Waals surface area contributed by atoms with E-state index in [1.807, 2.05) is 19.9 Å². The van der Waals surface area contributed by atoms with E-state index in [0.29, 0.717) is 36.2 Å². The highest BCUT2D eigenvalue weighted by atomic mass is 16.3. The first-order chi connectivity index (χ1) is 14.9.